The third kappa shape index (κ3) is 6.60. The molecule has 0 aromatic heterocycles. The van der Waals surface area contributed by atoms with Crippen molar-refractivity contribution in [3.05, 3.63) is 241 Å². The lowest BCUT2D eigenvalue weighted by atomic mass is 9.45. The van der Waals surface area contributed by atoms with Crippen LogP contribution in [0, 0.1) is 59.2 Å². The molecule has 0 amide bonds. The highest BCUT2D eigenvalue weighted by molar-refractivity contribution is 5.67. The van der Waals surface area contributed by atoms with E-state index in [4.69, 9.17) is 0 Å². The van der Waals surface area contributed by atoms with Crippen LogP contribution in [0.25, 0.3) is 44.5 Å². The Balaban J connectivity index is 0.908. The second-order valence-electron chi connectivity index (χ2n) is 22.1. The fourth-order valence-corrected chi connectivity index (χ4v) is 17.4. The van der Waals surface area contributed by atoms with E-state index in [0.717, 1.165) is 35.5 Å². The molecular formula is C68H62. The molecule has 8 aromatic carbocycles. The van der Waals surface area contributed by atoms with E-state index >= 15 is 0 Å². The van der Waals surface area contributed by atoms with Gasteiger partial charge in [0.05, 0.1) is 0 Å². The maximum Gasteiger partial charge on any atom is -0.00591 e. The highest BCUT2D eigenvalue weighted by Crippen LogP contribution is 2.78. The third-order valence-corrected chi connectivity index (χ3v) is 19.5. The average molecular weight is 879 g/mol. The van der Waals surface area contributed by atoms with E-state index in [1.54, 1.807) is 22.3 Å². The Hall–Kier alpha value is -6.24. The van der Waals surface area contributed by atoms with Gasteiger partial charge in [-0.15, -0.1) is 0 Å². The highest BCUT2D eigenvalue weighted by atomic mass is 14.8. The molecule has 0 saturated heterocycles. The van der Waals surface area contributed by atoms with Crippen molar-refractivity contribution in [3.63, 3.8) is 0 Å². The molecule has 0 radical (unpaired) electrons. The lowest BCUT2D eigenvalue weighted by Crippen LogP contribution is -2.51. The van der Waals surface area contributed by atoms with Gasteiger partial charge >= 0.3 is 0 Å². The van der Waals surface area contributed by atoms with Gasteiger partial charge in [0, 0.05) is 0 Å². The van der Waals surface area contributed by atoms with E-state index in [-0.39, 0.29) is 0 Å². The van der Waals surface area contributed by atoms with Crippen LogP contribution in [0.3, 0.4) is 0 Å². The van der Waals surface area contributed by atoms with Crippen LogP contribution in [0.1, 0.15) is 84.5 Å². The van der Waals surface area contributed by atoms with Crippen LogP contribution in [0.15, 0.2) is 218 Å². The minimum Gasteiger partial charge on any atom is -0.0622 e. The molecule has 334 valence electrons. The van der Waals surface area contributed by atoms with Gasteiger partial charge in [-0.05, 0) is 188 Å². The van der Waals surface area contributed by atoms with Gasteiger partial charge in [0.25, 0.3) is 0 Å². The Labute approximate surface area is 404 Å². The molecule has 6 aliphatic carbocycles. The van der Waals surface area contributed by atoms with Gasteiger partial charge in [0.15, 0.2) is 0 Å². The smallest absolute Gasteiger partial charge is 0.00591 e. The van der Waals surface area contributed by atoms with Crippen LogP contribution in [0.2, 0.25) is 0 Å². The maximum atomic E-state index is 2.58. The first-order valence-corrected chi connectivity index (χ1v) is 26.4. The Morgan fingerprint density at radius 2 is 0.397 bits per heavy atom. The standard InChI is InChI=1S/C68H62/c1-5-13-43(14-6-1)47-21-29-51(30-22-47)60-56-39-37-55-38-40-57-61(52-31-23-48(24-32-52)44-15-7-2-8-16-44)63(54-35-27-50(28-36-54)46-19-11-4-12-20-46)59-42-41-58(67-65(56)64(55)66(57)68(59)67)62(60)53-33-25-49(26-34-53)45-17-9-3-10-18-45/h1-36,55-68H,37-42H2. The van der Waals surface area contributed by atoms with Crippen LogP contribution in [0.5, 0.6) is 0 Å². The highest BCUT2D eigenvalue weighted by Gasteiger charge is 2.71. The van der Waals surface area contributed by atoms with E-state index in [9.17, 15) is 0 Å². The first-order valence-electron chi connectivity index (χ1n) is 26.4. The van der Waals surface area contributed by atoms with E-state index < -0.39 is 0 Å². The van der Waals surface area contributed by atoms with Gasteiger partial charge < -0.3 is 0 Å². The topological polar surface area (TPSA) is 0 Å². The second kappa shape index (κ2) is 16.8. The van der Waals surface area contributed by atoms with Crippen molar-refractivity contribution in [2.75, 3.05) is 0 Å². The van der Waals surface area contributed by atoms with Crippen molar-refractivity contribution in [3.8, 4) is 44.5 Å². The van der Waals surface area contributed by atoms with Crippen molar-refractivity contribution in [2.24, 2.45) is 59.2 Å². The zero-order valence-electron chi connectivity index (χ0n) is 39.1. The number of hydrogen-bond donors (Lipinski definition) is 0. The largest absolute Gasteiger partial charge is 0.0622 e. The molecule has 0 heteroatoms. The predicted molar refractivity (Wildman–Crippen MR) is 281 cm³/mol. The molecule has 0 aliphatic heterocycles. The van der Waals surface area contributed by atoms with Crippen molar-refractivity contribution < 1.29 is 0 Å². The number of hydrogen-bond acceptors (Lipinski definition) is 0. The first kappa shape index (κ1) is 40.8. The third-order valence-electron chi connectivity index (χ3n) is 19.5. The Morgan fingerprint density at radius 1 is 0.191 bits per heavy atom. The molecule has 0 N–H and O–H groups in total. The molecule has 14 rings (SSSR count). The van der Waals surface area contributed by atoms with Crippen molar-refractivity contribution >= 4 is 0 Å². The van der Waals surface area contributed by atoms with Gasteiger partial charge in [0.1, 0.15) is 0 Å². The summed E-state index contributed by atoms with van der Waals surface area (Å²) in [6, 6.07) is 84.5. The SMILES string of the molecule is c1ccc(-c2ccc(C3C4CCC5CCC6C(c7ccc(-c8ccccc8)cc7)C(c7ccc(-c8ccccc8)cc7)C7CCC(C3c3ccc(-c8ccccc8)cc3)C3C4C5C6C73)cc2)cc1. The summed E-state index contributed by atoms with van der Waals surface area (Å²) >= 11 is 0. The van der Waals surface area contributed by atoms with E-state index in [0.29, 0.717) is 47.3 Å². The van der Waals surface area contributed by atoms with Crippen LogP contribution < -0.4 is 0 Å². The molecule has 68 heavy (non-hydrogen) atoms. The first-order chi connectivity index (χ1) is 33.7. The normalized spacial score (nSPS) is 31.8. The van der Waals surface area contributed by atoms with Gasteiger partial charge in [0.2, 0.25) is 0 Å². The summed E-state index contributed by atoms with van der Waals surface area (Å²) in [5.41, 5.74) is 17.0. The van der Waals surface area contributed by atoms with Crippen LogP contribution in [0.4, 0.5) is 0 Å². The Kier molecular flexibility index (Phi) is 10.1. The molecule has 0 bridgehead atoms. The molecule has 12 unspecified atom stereocenters. The van der Waals surface area contributed by atoms with Gasteiger partial charge in [-0.1, -0.05) is 218 Å². The summed E-state index contributed by atoms with van der Waals surface area (Å²) in [4.78, 5) is 0. The molecule has 0 heterocycles. The fourth-order valence-electron chi connectivity index (χ4n) is 17.4. The summed E-state index contributed by atoms with van der Waals surface area (Å²) in [7, 11) is 0. The van der Waals surface area contributed by atoms with Gasteiger partial charge in [-0.3, -0.25) is 0 Å². The lowest BCUT2D eigenvalue weighted by molar-refractivity contribution is -0.0498. The minimum absolute atomic E-state index is 0.525. The van der Waals surface area contributed by atoms with Gasteiger partial charge in [-0.2, -0.15) is 0 Å². The lowest BCUT2D eigenvalue weighted by Gasteiger charge is -2.59. The maximum absolute atomic E-state index is 2.58. The van der Waals surface area contributed by atoms with Crippen molar-refractivity contribution in [1.29, 1.82) is 0 Å². The molecular weight excluding hydrogens is 817 g/mol. The molecule has 6 fully saturated rings. The van der Waals surface area contributed by atoms with Crippen molar-refractivity contribution in [1.82, 2.24) is 0 Å². The summed E-state index contributed by atoms with van der Waals surface area (Å²) < 4.78 is 0. The van der Waals surface area contributed by atoms with E-state index in [1.807, 2.05) is 0 Å². The Bertz CT molecular complexity index is 2780. The predicted octanol–water partition coefficient (Wildman–Crippen LogP) is 17.4. The summed E-state index contributed by atoms with van der Waals surface area (Å²) in [5, 5.41) is 0. The second-order valence-corrected chi connectivity index (χ2v) is 22.1. The Morgan fingerprint density at radius 3 is 0.647 bits per heavy atom. The van der Waals surface area contributed by atoms with Crippen molar-refractivity contribution in [2.45, 2.75) is 62.2 Å². The monoisotopic (exact) mass is 878 g/mol. The fraction of sp³-hybridized carbons (Fsp3) is 0.294. The molecule has 12 atom stereocenters. The van der Waals surface area contributed by atoms with Gasteiger partial charge in [-0.25, -0.2) is 0 Å². The summed E-state index contributed by atoms with van der Waals surface area (Å²) in [6.45, 7) is 0. The molecule has 8 aromatic rings. The van der Waals surface area contributed by atoms with Crippen LogP contribution in [-0.2, 0) is 0 Å². The number of benzene rings is 8. The minimum atomic E-state index is 0.525. The van der Waals surface area contributed by atoms with E-state index in [1.165, 1.54) is 83.0 Å². The molecule has 0 spiro atoms. The summed E-state index contributed by atoms with van der Waals surface area (Å²) in [5.74, 6) is 9.92. The molecule has 6 aliphatic rings. The molecule has 6 saturated carbocycles. The van der Waals surface area contributed by atoms with Crippen LogP contribution >= 0.6 is 0 Å². The average Bonchev–Trinajstić information content (AvgIpc) is 3.79. The summed E-state index contributed by atoms with van der Waals surface area (Å²) in [6.07, 6.45) is 8.30. The zero-order chi connectivity index (χ0) is 44.7. The molecule has 0 nitrogen and oxygen atoms in total. The zero-order valence-corrected chi connectivity index (χ0v) is 39.1. The van der Waals surface area contributed by atoms with E-state index in [2.05, 4.69) is 218 Å². The van der Waals surface area contributed by atoms with Crippen LogP contribution in [-0.4, -0.2) is 0 Å². The number of rotatable bonds is 8. The quantitative estimate of drug-likeness (QED) is 0.143.